The first-order chi connectivity index (χ1) is 8.08. The molecule has 3 nitrogen and oxygen atoms in total. The van der Waals surface area contributed by atoms with Gasteiger partial charge < -0.3 is 9.53 Å². The fourth-order valence-electron chi connectivity index (χ4n) is 1.76. The molecule has 0 bridgehead atoms. The normalized spacial score (nSPS) is 10.9. The van der Waals surface area contributed by atoms with Gasteiger partial charge in [0.15, 0.2) is 0 Å². The third kappa shape index (κ3) is 3.86. The number of nitrogens with zero attached hydrogens (tertiary/aromatic N) is 1. The van der Waals surface area contributed by atoms with E-state index in [1.165, 1.54) is 5.56 Å². The Kier molecular flexibility index (Phi) is 5.16. The van der Waals surface area contributed by atoms with Crippen LogP contribution in [0, 0.1) is 0 Å². The summed E-state index contributed by atoms with van der Waals surface area (Å²) >= 11 is 0. The van der Waals surface area contributed by atoms with Gasteiger partial charge in [0.25, 0.3) is 0 Å². The number of methoxy groups -OCH3 is 1. The van der Waals surface area contributed by atoms with Crippen LogP contribution in [0.5, 0.6) is 5.75 Å². The van der Waals surface area contributed by atoms with Crippen molar-refractivity contribution < 1.29 is 9.53 Å². The summed E-state index contributed by atoms with van der Waals surface area (Å²) in [4.78, 5) is 12.4. The van der Waals surface area contributed by atoms with Gasteiger partial charge in [-0.3, -0.25) is 4.90 Å². The van der Waals surface area contributed by atoms with Gasteiger partial charge in [0.2, 0.25) is 0 Å². The lowest BCUT2D eigenvalue weighted by molar-refractivity contribution is -0.108. The number of ether oxygens (including phenoxy) is 1. The molecule has 1 rings (SSSR count). The second-order valence-corrected chi connectivity index (χ2v) is 4.59. The largest absolute Gasteiger partial charge is 0.496 e. The quantitative estimate of drug-likeness (QED) is 0.709. The summed E-state index contributed by atoms with van der Waals surface area (Å²) in [7, 11) is 3.60. The Morgan fingerprint density at radius 2 is 2.12 bits per heavy atom. The van der Waals surface area contributed by atoms with E-state index >= 15 is 0 Å². The predicted octanol–water partition coefficient (Wildman–Crippen LogP) is 2.45. The van der Waals surface area contributed by atoms with Gasteiger partial charge in [0, 0.05) is 12.1 Å². The highest BCUT2D eigenvalue weighted by Gasteiger charge is 2.09. The van der Waals surface area contributed by atoms with Crippen molar-refractivity contribution in [3.63, 3.8) is 0 Å². The molecule has 0 heterocycles. The molecule has 0 atom stereocenters. The summed E-state index contributed by atoms with van der Waals surface area (Å²) in [6.45, 7) is 5.50. The third-order valence-corrected chi connectivity index (χ3v) is 2.80. The number of hydrogen-bond acceptors (Lipinski definition) is 3. The molecule has 94 valence electrons. The van der Waals surface area contributed by atoms with Gasteiger partial charge in [-0.15, -0.1) is 0 Å². The van der Waals surface area contributed by atoms with Crippen LogP contribution in [0.4, 0.5) is 0 Å². The topological polar surface area (TPSA) is 29.5 Å². The van der Waals surface area contributed by atoms with Crippen LogP contribution in [0.25, 0.3) is 0 Å². The zero-order chi connectivity index (χ0) is 12.8. The van der Waals surface area contributed by atoms with Gasteiger partial charge in [-0.25, -0.2) is 0 Å². The zero-order valence-corrected chi connectivity index (χ0v) is 11.1. The Morgan fingerprint density at radius 1 is 1.41 bits per heavy atom. The number of rotatable bonds is 6. The lowest BCUT2D eigenvalue weighted by atomic mass is 10.00. The van der Waals surface area contributed by atoms with Crippen LogP contribution in [0.15, 0.2) is 18.2 Å². The van der Waals surface area contributed by atoms with E-state index in [9.17, 15) is 4.79 Å². The maximum absolute atomic E-state index is 10.5. The van der Waals surface area contributed by atoms with Crippen molar-refractivity contribution in [3.05, 3.63) is 29.3 Å². The second-order valence-electron chi connectivity index (χ2n) is 4.59. The summed E-state index contributed by atoms with van der Waals surface area (Å²) in [5, 5.41) is 0. The highest BCUT2D eigenvalue weighted by atomic mass is 16.5. The van der Waals surface area contributed by atoms with Crippen molar-refractivity contribution >= 4 is 6.29 Å². The van der Waals surface area contributed by atoms with E-state index in [2.05, 4.69) is 26.0 Å². The molecule has 0 saturated heterocycles. The summed E-state index contributed by atoms with van der Waals surface area (Å²) < 4.78 is 5.34. The predicted molar refractivity (Wildman–Crippen MR) is 69.5 cm³/mol. The number of carbonyl (C=O) groups is 1. The molecular weight excluding hydrogens is 214 g/mol. The first-order valence-corrected chi connectivity index (χ1v) is 5.87. The number of hydrogen-bond donors (Lipinski definition) is 0. The molecule has 0 spiro atoms. The van der Waals surface area contributed by atoms with E-state index in [4.69, 9.17) is 4.74 Å². The third-order valence-electron chi connectivity index (χ3n) is 2.80. The number of likely N-dealkylation sites (N-methyl/N-ethyl adjacent to an activating group) is 1. The summed E-state index contributed by atoms with van der Waals surface area (Å²) in [6.07, 6.45) is 0.915. The molecule has 0 N–H and O–H groups in total. The maximum Gasteiger partial charge on any atom is 0.133 e. The Hall–Kier alpha value is -1.35. The molecule has 0 saturated carbocycles. The van der Waals surface area contributed by atoms with Crippen molar-refractivity contribution in [1.29, 1.82) is 0 Å². The second kappa shape index (κ2) is 6.40. The van der Waals surface area contributed by atoms with Gasteiger partial charge in [-0.2, -0.15) is 0 Å². The average molecular weight is 235 g/mol. The molecule has 0 aliphatic heterocycles. The fraction of sp³-hybridized carbons (Fsp3) is 0.500. The fourth-order valence-corrected chi connectivity index (χ4v) is 1.76. The highest BCUT2D eigenvalue weighted by molar-refractivity contribution is 5.52. The Morgan fingerprint density at radius 3 is 2.65 bits per heavy atom. The van der Waals surface area contributed by atoms with Crippen molar-refractivity contribution in [3.8, 4) is 5.75 Å². The van der Waals surface area contributed by atoms with Gasteiger partial charge in [0.05, 0.1) is 13.7 Å². The minimum atomic E-state index is 0.440. The van der Waals surface area contributed by atoms with Crippen LogP contribution >= 0.6 is 0 Å². The van der Waals surface area contributed by atoms with E-state index in [-0.39, 0.29) is 0 Å². The Bertz CT molecular complexity index is 374. The van der Waals surface area contributed by atoms with Gasteiger partial charge in [-0.05, 0) is 24.6 Å². The SMILES string of the molecule is COc1ccc(C(C)C)cc1CN(C)CC=O. The van der Waals surface area contributed by atoms with E-state index in [0.29, 0.717) is 12.5 Å². The first kappa shape index (κ1) is 13.7. The van der Waals surface area contributed by atoms with Gasteiger partial charge in [0.1, 0.15) is 12.0 Å². The van der Waals surface area contributed by atoms with Crippen molar-refractivity contribution in [2.75, 3.05) is 20.7 Å². The molecule has 0 radical (unpaired) electrons. The lowest BCUT2D eigenvalue weighted by Gasteiger charge is -2.17. The monoisotopic (exact) mass is 235 g/mol. The summed E-state index contributed by atoms with van der Waals surface area (Å²) in [6, 6.07) is 6.25. The Labute approximate surface area is 103 Å². The standard InChI is InChI=1S/C14H21NO2/c1-11(2)12-5-6-14(17-4)13(9-12)10-15(3)7-8-16/h5-6,8-9,11H,7,10H2,1-4H3. The molecule has 0 aliphatic rings. The zero-order valence-electron chi connectivity index (χ0n) is 11.1. The van der Waals surface area contributed by atoms with Crippen molar-refractivity contribution in [2.45, 2.75) is 26.3 Å². The molecule has 0 fully saturated rings. The van der Waals surface area contributed by atoms with Crippen LogP contribution in [-0.4, -0.2) is 31.9 Å². The highest BCUT2D eigenvalue weighted by Crippen LogP contribution is 2.24. The van der Waals surface area contributed by atoms with Crippen molar-refractivity contribution in [2.24, 2.45) is 0 Å². The molecule has 0 unspecified atom stereocenters. The summed E-state index contributed by atoms with van der Waals surface area (Å²) in [5.74, 6) is 1.38. The van der Waals surface area contributed by atoms with E-state index in [1.807, 2.05) is 18.0 Å². The lowest BCUT2D eigenvalue weighted by Crippen LogP contribution is -2.20. The molecule has 0 amide bonds. The number of benzene rings is 1. The van der Waals surface area contributed by atoms with Crippen molar-refractivity contribution in [1.82, 2.24) is 4.90 Å². The maximum atomic E-state index is 10.5. The minimum Gasteiger partial charge on any atom is -0.496 e. The van der Waals surface area contributed by atoms with Gasteiger partial charge >= 0.3 is 0 Å². The molecule has 0 aromatic heterocycles. The van der Waals surface area contributed by atoms with Gasteiger partial charge in [-0.1, -0.05) is 26.0 Å². The van der Waals surface area contributed by atoms with E-state index in [0.717, 1.165) is 24.1 Å². The van der Waals surface area contributed by atoms with Crippen LogP contribution in [0.3, 0.4) is 0 Å². The van der Waals surface area contributed by atoms with Crippen LogP contribution in [-0.2, 0) is 11.3 Å². The van der Waals surface area contributed by atoms with Crippen LogP contribution in [0.1, 0.15) is 30.9 Å². The molecule has 3 heteroatoms. The van der Waals surface area contributed by atoms with Crippen LogP contribution < -0.4 is 4.74 Å². The molecule has 1 aromatic rings. The van der Waals surface area contributed by atoms with Crippen LogP contribution in [0.2, 0.25) is 0 Å². The molecule has 1 aromatic carbocycles. The smallest absolute Gasteiger partial charge is 0.133 e. The first-order valence-electron chi connectivity index (χ1n) is 5.87. The number of carbonyl (C=O) groups excluding carboxylic acids is 1. The molecule has 0 aliphatic carbocycles. The number of aldehydes is 1. The minimum absolute atomic E-state index is 0.440. The average Bonchev–Trinajstić information content (AvgIpc) is 2.29. The van der Waals surface area contributed by atoms with E-state index in [1.54, 1.807) is 7.11 Å². The Balaban J connectivity index is 2.93. The van der Waals surface area contributed by atoms with E-state index < -0.39 is 0 Å². The molecular formula is C14H21NO2. The molecule has 17 heavy (non-hydrogen) atoms. The summed E-state index contributed by atoms with van der Waals surface area (Å²) in [5.41, 5.74) is 2.42.